The summed E-state index contributed by atoms with van der Waals surface area (Å²) in [4.78, 5) is 2.58. The Kier molecular flexibility index (Phi) is 4.26. The first kappa shape index (κ1) is 14.2. The summed E-state index contributed by atoms with van der Waals surface area (Å²) in [5, 5.41) is 0. The lowest BCUT2D eigenvalue weighted by atomic mass is 9.96. The number of benzene rings is 2. The fraction of sp³-hybridized carbons (Fsp3) is 0.368. The van der Waals surface area contributed by atoms with Gasteiger partial charge in [0, 0.05) is 18.8 Å². The van der Waals surface area contributed by atoms with Gasteiger partial charge in [0.05, 0.1) is 0 Å². The molecular formula is C19H24N2. The zero-order valence-corrected chi connectivity index (χ0v) is 12.8. The summed E-state index contributed by atoms with van der Waals surface area (Å²) in [6.07, 6.45) is 2.39. The Balaban J connectivity index is 1.55. The number of fused-ring (bicyclic) bond motifs is 1. The highest BCUT2D eigenvalue weighted by Crippen LogP contribution is 2.23. The van der Waals surface area contributed by atoms with E-state index in [0.29, 0.717) is 5.92 Å². The van der Waals surface area contributed by atoms with Crippen molar-refractivity contribution in [3.05, 3.63) is 65.2 Å². The van der Waals surface area contributed by atoms with E-state index < -0.39 is 0 Å². The molecule has 2 aromatic rings. The second-order valence-electron chi connectivity index (χ2n) is 6.15. The fourth-order valence-corrected chi connectivity index (χ4v) is 3.11. The average Bonchev–Trinajstić information content (AvgIpc) is 2.53. The molecule has 1 aliphatic heterocycles. The molecule has 0 aliphatic carbocycles. The minimum atomic E-state index is 0.586. The summed E-state index contributed by atoms with van der Waals surface area (Å²) in [5.74, 6) is 0.586. The van der Waals surface area contributed by atoms with Gasteiger partial charge >= 0.3 is 0 Å². The molecule has 1 aliphatic rings. The van der Waals surface area contributed by atoms with E-state index in [-0.39, 0.29) is 0 Å². The third-order valence-corrected chi connectivity index (χ3v) is 4.59. The van der Waals surface area contributed by atoms with Crippen LogP contribution in [-0.2, 0) is 13.0 Å². The van der Waals surface area contributed by atoms with Crippen LogP contribution in [0.3, 0.4) is 0 Å². The Bertz CT molecular complexity index is 589. The molecule has 2 nitrogen and oxygen atoms in total. The van der Waals surface area contributed by atoms with E-state index in [0.717, 1.165) is 12.2 Å². The molecule has 0 spiro atoms. The van der Waals surface area contributed by atoms with Crippen LogP contribution in [0, 0.1) is 0 Å². The van der Waals surface area contributed by atoms with Gasteiger partial charge in [0.2, 0.25) is 0 Å². The summed E-state index contributed by atoms with van der Waals surface area (Å²) in [7, 11) is 0. The molecule has 21 heavy (non-hydrogen) atoms. The lowest BCUT2D eigenvalue weighted by Crippen LogP contribution is -2.31. The zero-order chi connectivity index (χ0) is 14.7. The number of hydrogen-bond donors (Lipinski definition) is 1. The molecule has 2 aromatic carbocycles. The van der Waals surface area contributed by atoms with Crippen molar-refractivity contribution in [1.29, 1.82) is 0 Å². The maximum Gasteiger partial charge on any atom is 0.0314 e. The van der Waals surface area contributed by atoms with Crippen molar-refractivity contribution in [2.75, 3.05) is 18.8 Å². The molecule has 0 amide bonds. The quantitative estimate of drug-likeness (QED) is 0.863. The lowest BCUT2D eigenvalue weighted by molar-refractivity contribution is 0.245. The monoisotopic (exact) mass is 280 g/mol. The van der Waals surface area contributed by atoms with Crippen LogP contribution in [0.25, 0.3) is 0 Å². The Morgan fingerprint density at radius 1 is 1.05 bits per heavy atom. The summed E-state index contributed by atoms with van der Waals surface area (Å²) < 4.78 is 0. The maximum atomic E-state index is 5.75. The van der Waals surface area contributed by atoms with Gasteiger partial charge in [-0.25, -0.2) is 0 Å². The second-order valence-corrected chi connectivity index (χ2v) is 6.15. The molecule has 0 saturated heterocycles. The lowest BCUT2D eigenvalue weighted by Gasteiger charge is -2.29. The van der Waals surface area contributed by atoms with Gasteiger partial charge in [-0.1, -0.05) is 43.3 Å². The topological polar surface area (TPSA) is 29.3 Å². The largest absolute Gasteiger partial charge is 0.399 e. The Hall–Kier alpha value is -1.80. The highest BCUT2D eigenvalue weighted by atomic mass is 15.1. The van der Waals surface area contributed by atoms with Crippen LogP contribution in [0.2, 0.25) is 0 Å². The minimum Gasteiger partial charge on any atom is -0.399 e. The molecule has 2 N–H and O–H groups in total. The summed E-state index contributed by atoms with van der Waals surface area (Å²) in [6, 6.07) is 17.2. The first-order valence-corrected chi connectivity index (χ1v) is 7.87. The van der Waals surface area contributed by atoms with Crippen molar-refractivity contribution < 1.29 is 0 Å². The van der Waals surface area contributed by atoms with Crippen molar-refractivity contribution in [3.8, 4) is 0 Å². The fourth-order valence-electron chi connectivity index (χ4n) is 3.11. The van der Waals surface area contributed by atoms with E-state index >= 15 is 0 Å². The number of nitrogens with zero attached hydrogens (tertiary/aromatic N) is 1. The molecule has 1 unspecified atom stereocenters. The number of anilines is 1. The van der Waals surface area contributed by atoms with Gasteiger partial charge in [-0.05, 0) is 54.1 Å². The van der Waals surface area contributed by atoms with Crippen LogP contribution in [0.15, 0.2) is 48.5 Å². The standard InChI is InChI=1S/C19H24N2/c1-15(16-6-8-19(20)9-7-16)10-12-21-13-11-17-4-2-3-5-18(17)14-21/h2-9,15H,10-14,20H2,1H3. The first-order chi connectivity index (χ1) is 10.2. The van der Waals surface area contributed by atoms with Crippen molar-refractivity contribution in [2.45, 2.75) is 32.2 Å². The molecule has 1 atom stereocenters. The number of nitrogen functional groups attached to an aromatic ring is 1. The van der Waals surface area contributed by atoms with Gasteiger partial charge in [-0.2, -0.15) is 0 Å². The second kappa shape index (κ2) is 6.31. The SMILES string of the molecule is CC(CCN1CCc2ccccc2C1)c1ccc(N)cc1. The van der Waals surface area contributed by atoms with Crippen LogP contribution in [0.4, 0.5) is 5.69 Å². The molecule has 3 rings (SSSR count). The zero-order valence-electron chi connectivity index (χ0n) is 12.8. The molecule has 1 heterocycles. The van der Waals surface area contributed by atoms with E-state index in [4.69, 9.17) is 5.73 Å². The van der Waals surface area contributed by atoms with Gasteiger partial charge in [0.25, 0.3) is 0 Å². The van der Waals surface area contributed by atoms with Gasteiger partial charge in [0.15, 0.2) is 0 Å². The smallest absolute Gasteiger partial charge is 0.0314 e. The average molecular weight is 280 g/mol. The molecule has 0 radical (unpaired) electrons. The van der Waals surface area contributed by atoms with Crippen LogP contribution in [0.5, 0.6) is 0 Å². The predicted octanol–water partition coefficient (Wildman–Crippen LogP) is 3.82. The van der Waals surface area contributed by atoms with E-state index in [1.54, 1.807) is 0 Å². The summed E-state index contributed by atoms with van der Waals surface area (Å²) >= 11 is 0. The van der Waals surface area contributed by atoms with Gasteiger partial charge in [-0.3, -0.25) is 4.90 Å². The molecule has 2 heteroatoms. The first-order valence-electron chi connectivity index (χ1n) is 7.87. The minimum absolute atomic E-state index is 0.586. The molecule has 0 saturated carbocycles. The number of nitrogens with two attached hydrogens (primary N) is 1. The molecule has 110 valence electrons. The third kappa shape index (κ3) is 3.45. The molecule has 0 aromatic heterocycles. The number of hydrogen-bond acceptors (Lipinski definition) is 2. The molecule has 0 bridgehead atoms. The van der Waals surface area contributed by atoms with Gasteiger partial charge < -0.3 is 5.73 Å². The van der Waals surface area contributed by atoms with Crippen LogP contribution in [0.1, 0.15) is 36.0 Å². The van der Waals surface area contributed by atoms with Crippen LogP contribution in [-0.4, -0.2) is 18.0 Å². The van der Waals surface area contributed by atoms with Crippen LogP contribution >= 0.6 is 0 Å². The van der Waals surface area contributed by atoms with Gasteiger partial charge in [0.1, 0.15) is 0 Å². The Morgan fingerprint density at radius 3 is 2.52 bits per heavy atom. The van der Waals surface area contributed by atoms with Gasteiger partial charge in [-0.15, -0.1) is 0 Å². The highest BCUT2D eigenvalue weighted by Gasteiger charge is 2.16. The van der Waals surface area contributed by atoms with Crippen LogP contribution < -0.4 is 5.73 Å². The third-order valence-electron chi connectivity index (χ3n) is 4.59. The van der Waals surface area contributed by atoms with E-state index in [2.05, 4.69) is 48.2 Å². The summed E-state index contributed by atoms with van der Waals surface area (Å²) in [6.45, 7) is 5.76. The predicted molar refractivity (Wildman–Crippen MR) is 89.3 cm³/mol. The van der Waals surface area contributed by atoms with E-state index in [1.807, 2.05) is 12.1 Å². The maximum absolute atomic E-state index is 5.75. The highest BCUT2D eigenvalue weighted by molar-refractivity contribution is 5.40. The molecular weight excluding hydrogens is 256 g/mol. The van der Waals surface area contributed by atoms with E-state index in [1.165, 1.54) is 42.6 Å². The normalized spacial score (nSPS) is 16.4. The van der Waals surface area contributed by atoms with E-state index in [9.17, 15) is 0 Å². The van der Waals surface area contributed by atoms with Crippen molar-refractivity contribution in [2.24, 2.45) is 0 Å². The van der Waals surface area contributed by atoms with Crippen molar-refractivity contribution in [3.63, 3.8) is 0 Å². The van der Waals surface area contributed by atoms with Crippen molar-refractivity contribution in [1.82, 2.24) is 4.90 Å². The Labute approximate surface area is 127 Å². The number of rotatable bonds is 4. The van der Waals surface area contributed by atoms with Crippen molar-refractivity contribution >= 4 is 5.69 Å². The summed E-state index contributed by atoms with van der Waals surface area (Å²) in [5.41, 5.74) is 11.0. The molecule has 0 fully saturated rings. The Morgan fingerprint density at radius 2 is 1.76 bits per heavy atom.